The standard InChI is InChI=1S/C36H48O4Si4/c1-41(2)37-42(3,4)39-44(31-27-35-21-13-7-14-22-35,32-28-36-23-15-8-16-24-36)40-43(38-41,29-25-33-17-9-5-10-18-33)30-26-34-19-11-6-12-20-34/h5-24H,25-32H2,1-4H3. The molecule has 0 unspecified atom stereocenters. The number of rotatable bonds is 12. The molecule has 44 heavy (non-hydrogen) atoms. The molecule has 0 spiro atoms. The quantitative estimate of drug-likeness (QED) is 0.142. The summed E-state index contributed by atoms with van der Waals surface area (Å²) in [5, 5.41) is 0. The summed E-state index contributed by atoms with van der Waals surface area (Å²) in [5.41, 5.74) is 5.30. The first-order valence-electron chi connectivity index (χ1n) is 16.1. The van der Waals surface area contributed by atoms with Crippen molar-refractivity contribution in [2.45, 2.75) is 76.0 Å². The zero-order chi connectivity index (χ0) is 30.9. The van der Waals surface area contributed by atoms with Crippen LogP contribution in [0.25, 0.3) is 0 Å². The van der Waals surface area contributed by atoms with E-state index in [0.717, 1.165) is 49.9 Å². The first kappa shape index (κ1) is 33.0. The third kappa shape index (κ3) is 9.79. The second-order valence-electron chi connectivity index (χ2n) is 13.0. The van der Waals surface area contributed by atoms with Gasteiger partial charge in [0.2, 0.25) is 0 Å². The topological polar surface area (TPSA) is 36.9 Å². The van der Waals surface area contributed by atoms with E-state index >= 15 is 0 Å². The van der Waals surface area contributed by atoms with Crippen molar-refractivity contribution < 1.29 is 16.5 Å². The van der Waals surface area contributed by atoms with E-state index in [4.69, 9.17) is 16.5 Å². The molecule has 0 radical (unpaired) electrons. The summed E-state index contributed by atoms with van der Waals surface area (Å²) < 4.78 is 29.7. The molecule has 0 saturated carbocycles. The highest BCUT2D eigenvalue weighted by Crippen LogP contribution is 2.40. The molecule has 4 aromatic rings. The minimum Gasteiger partial charge on any atom is -0.416 e. The van der Waals surface area contributed by atoms with E-state index in [1.807, 2.05) is 0 Å². The predicted molar refractivity (Wildman–Crippen MR) is 191 cm³/mol. The molecule has 0 aromatic heterocycles. The van der Waals surface area contributed by atoms with Gasteiger partial charge in [-0.15, -0.1) is 0 Å². The summed E-state index contributed by atoms with van der Waals surface area (Å²) in [6, 6.07) is 46.8. The van der Waals surface area contributed by atoms with E-state index in [2.05, 4.69) is 148 Å². The number of aryl methyl sites for hydroxylation is 4. The van der Waals surface area contributed by atoms with Crippen LogP contribution in [0.2, 0.25) is 50.4 Å². The van der Waals surface area contributed by atoms with Crippen molar-refractivity contribution in [1.29, 1.82) is 0 Å². The smallest absolute Gasteiger partial charge is 0.321 e. The molecule has 1 heterocycles. The lowest BCUT2D eigenvalue weighted by molar-refractivity contribution is 0.221. The van der Waals surface area contributed by atoms with Crippen LogP contribution >= 0.6 is 0 Å². The van der Waals surface area contributed by atoms with E-state index in [0.29, 0.717) is 0 Å². The molecule has 1 aliphatic heterocycles. The maximum atomic E-state index is 7.85. The first-order valence-corrected chi connectivity index (χ1v) is 26.2. The zero-order valence-electron chi connectivity index (χ0n) is 26.8. The number of benzene rings is 4. The van der Waals surface area contributed by atoms with Gasteiger partial charge in [-0.25, -0.2) is 0 Å². The Kier molecular flexibility index (Phi) is 11.1. The monoisotopic (exact) mass is 656 g/mol. The van der Waals surface area contributed by atoms with Crippen LogP contribution in [0.5, 0.6) is 0 Å². The van der Waals surface area contributed by atoms with Crippen molar-refractivity contribution in [3.05, 3.63) is 144 Å². The average Bonchev–Trinajstić information content (AvgIpc) is 3.01. The van der Waals surface area contributed by atoms with E-state index in [9.17, 15) is 0 Å². The fourth-order valence-corrected chi connectivity index (χ4v) is 29.7. The van der Waals surface area contributed by atoms with Crippen LogP contribution in [0.1, 0.15) is 22.3 Å². The van der Waals surface area contributed by atoms with Crippen LogP contribution in [0, 0.1) is 0 Å². The molecule has 4 aromatic carbocycles. The number of hydrogen-bond acceptors (Lipinski definition) is 4. The summed E-state index contributed by atoms with van der Waals surface area (Å²) >= 11 is 0. The third-order valence-electron chi connectivity index (χ3n) is 8.28. The summed E-state index contributed by atoms with van der Waals surface area (Å²) in [6.07, 6.45) is 3.70. The SMILES string of the molecule is C[Si]1(C)O[Si](C)(C)O[Si](CCc2ccccc2)(CCc2ccccc2)O[Si](CCc2ccccc2)(CCc2ccccc2)O1. The molecule has 232 valence electrons. The Morgan fingerprint density at radius 3 is 0.841 bits per heavy atom. The van der Waals surface area contributed by atoms with Crippen LogP contribution in [0.15, 0.2) is 121 Å². The third-order valence-corrected chi connectivity index (χ3v) is 26.1. The molecule has 0 bridgehead atoms. The molecule has 8 heteroatoms. The summed E-state index contributed by atoms with van der Waals surface area (Å²) in [5.74, 6) is 0. The van der Waals surface area contributed by atoms with Gasteiger partial charge in [-0.3, -0.25) is 0 Å². The molecule has 4 nitrogen and oxygen atoms in total. The van der Waals surface area contributed by atoms with Crippen molar-refractivity contribution in [1.82, 2.24) is 0 Å². The Labute approximate surface area is 269 Å². The van der Waals surface area contributed by atoms with Crippen LogP contribution in [0.3, 0.4) is 0 Å². The molecule has 5 rings (SSSR count). The van der Waals surface area contributed by atoms with Crippen LogP contribution in [-0.4, -0.2) is 34.2 Å². The van der Waals surface area contributed by atoms with Crippen molar-refractivity contribution in [3.8, 4) is 0 Å². The maximum absolute atomic E-state index is 7.85. The summed E-state index contributed by atoms with van der Waals surface area (Å²) in [6.45, 7) is 8.79. The fourth-order valence-electron chi connectivity index (χ4n) is 6.49. The zero-order valence-corrected chi connectivity index (χ0v) is 30.8. The number of hydrogen-bond donors (Lipinski definition) is 0. The van der Waals surface area contributed by atoms with Gasteiger partial charge in [0, 0.05) is 0 Å². The molecule has 0 N–H and O–H groups in total. The highest BCUT2D eigenvalue weighted by molar-refractivity contribution is 6.94. The molecular formula is C36H48O4Si4. The second-order valence-corrected chi connectivity index (χ2v) is 27.5. The lowest BCUT2D eigenvalue weighted by atomic mass is 10.2. The lowest BCUT2D eigenvalue weighted by Gasteiger charge is -2.51. The highest BCUT2D eigenvalue weighted by Gasteiger charge is 2.57. The second kappa shape index (κ2) is 14.8. The van der Waals surface area contributed by atoms with Gasteiger partial charge >= 0.3 is 34.2 Å². The Hall–Kier alpha value is -2.41. The molecule has 0 atom stereocenters. The molecule has 0 aliphatic carbocycles. The van der Waals surface area contributed by atoms with Crippen molar-refractivity contribution in [2.24, 2.45) is 0 Å². The van der Waals surface area contributed by atoms with Gasteiger partial charge in [-0.2, -0.15) is 0 Å². The molecule has 1 fully saturated rings. The Morgan fingerprint density at radius 2 is 0.591 bits per heavy atom. The van der Waals surface area contributed by atoms with Crippen LogP contribution in [0.4, 0.5) is 0 Å². The van der Waals surface area contributed by atoms with Gasteiger partial charge in [0.1, 0.15) is 0 Å². The van der Waals surface area contributed by atoms with E-state index in [1.165, 1.54) is 22.3 Å². The molecule has 1 aliphatic rings. The van der Waals surface area contributed by atoms with E-state index in [-0.39, 0.29) is 0 Å². The largest absolute Gasteiger partial charge is 0.416 e. The Morgan fingerprint density at radius 1 is 0.341 bits per heavy atom. The molecule has 0 amide bonds. The molecule has 1 saturated heterocycles. The first-order chi connectivity index (χ1) is 21.1. The van der Waals surface area contributed by atoms with Crippen molar-refractivity contribution >= 4 is 34.2 Å². The lowest BCUT2D eigenvalue weighted by Crippen LogP contribution is -2.67. The minimum atomic E-state index is -2.84. The van der Waals surface area contributed by atoms with E-state index < -0.39 is 34.2 Å². The van der Waals surface area contributed by atoms with Gasteiger partial charge in [0.15, 0.2) is 0 Å². The maximum Gasteiger partial charge on any atom is 0.321 e. The summed E-state index contributed by atoms with van der Waals surface area (Å²) in [7, 11) is -10.8. The fraction of sp³-hybridized carbons (Fsp3) is 0.333. The Balaban J connectivity index is 1.55. The summed E-state index contributed by atoms with van der Waals surface area (Å²) in [4.78, 5) is 0. The highest BCUT2D eigenvalue weighted by atomic mass is 28.5. The normalized spacial score (nSPS) is 18.6. The van der Waals surface area contributed by atoms with Gasteiger partial charge in [-0.05, 0) is 98.3 Å². The van der Waals surface area contributed by atoms with Crippen LogP contribution in [-0.2, 0) is 42.1 Å². The van der Waals surface area contributed by atoms with Crippen molar-refractivity contribution in [3.63, 3.8) is 0 Å². The predicted octanol–water partition coefficient (Wildman–Crippen LogP) is 9.33. The molecular weight excluding hydrogens is 609 g/mol. The van der Waals surface area contributed by atoms with Gasteiger partial charge in [0.05, 0.1) is 0 Å². The van der Waals surface area contributed by atoms with Crippen LogP contribution < -0.4 is 0 Å². The average molecular weight is 657 g/mol. The van der Waals surface area contributed by atoms with Gasteiger partial charge in [-0.1, -0.05) is 121 Å². The minimum absolute atomic E-state index is 0.889. The van der Waals surface area contributed by atoms with Gasteiger partial charge < -0.3 is 16.5 Å². The van der Waals surface area contributed by atoms with Gasteiger partial charge in [0.25, 0.3) is 0 Å². The van der Waals surface area contributed by atoms with E-state index in [1.54, 1.807) is 0 Å². The Bertz CT molecular complexity index is 1220. The van der Waals surface area contributed by atoms with Crippen molar-refractivity contribution in [2.75, 3.05) is 0 Å².